The Morgan fingerprint density at radius 1 is 0.500 bits per heavy atom. The maximum Gasteiger partial charge on any atom is 0.155 e. The molecule has 0 aromatic heterocycles. The van der Waals surface area contributed by atoms with Gasteiger partial charge in [0.25, 0.3) is 0 Å². The second kappa shape index (κ2) is 15.8. The first-order valence-corrected chi connectivity index (χ1v) is 18.3. The van der Waals surface area contributed by atoms with Crippen LogP contribution in [-0.2, 0) is 9.59 Å². The van der Waals surface area contributed by atoms with Gasteiger partial charge in [-0.05, 0) is 41.5 Å². The Kier molecular flexibility index (Phi) is 16.9. The van der Waals surface area contributed by atoms with Gasteiger partial charge >= 0.3 is 0 Å². The monoisotopic (exact) mass is 610 g/mol. The van der Waals surface area contributed by atoms with Gasteiger partial charge in [0.2, 0.25) is 0 Å². The summed E-state index contributed by atoms with van der Waals surface area (Å²) in [6.45, 7) is 37.8. The predicted octanol–water partition coefficient (Wildman–Crippen LogP) is 9.08. The molecule has 0 heterocycles. The van der Waals surface area contributed by atoms with E-state index in [4.69, 9.17) is 0 Å². The van der Waals surface area contributed by atoms with E-state index in [1.54, 1.807) is 21.6 Å². The van der Waals surface area contributed by atoms with Gasteiger partial charge in [0, 0.05) is 42.9 Å². The van der Waals surface area contributed by atoms with E-state index in [0.717, 1.165) is 11.5 Å². The number of carbonyl (C=O) groups excluding carboxylic acids is 2. The Balaban J connectivity index is 0. The van der Waals surface area contributed by atoms with Crippen LogP contribution in [0.3, 0.4) is 0 Å². The van der Waals surface area contributed by atoms with E-state index in [2.05, 4.69) is 93.7 Å². The molecule has 0 aromatic carbocycles. The molecule has 2 atom stereocenters. The molecule has 0 saturated carbocycles. The highest BCUT2D eigenvalue weighted by molar-refractivity contribution is 8.77. The van der Waals surface area contributed by atoms with Crippen LogP contribution in [0.2, 0.25) is 0 Å². The summed E-state index contributed by atoms with van der Waals surface area (Å²) in [5.74, 6) is 2.22. The first kappa shape index (κ1) is 40.8. The minimum atomic E-state index is -0.296. The van der Waals surface area contributed by atoms with E-state index >= 15 is 0 Å². The minimum Gasteiger partial charge on any atom is -0.302 e. The van der Waals surface area contributed by atoms with Crippen molar-refractivity contribution in [2.24, 2.45) is 10.8 Å². The van der Waals surface area contributed by atoms with Crippen molar-refractivity contribution in [2.75, 3.05) is 11.5 Å². The molecule has 8 heteroatoms. The van der Waals surface area contributed by atoms with Crippen LogP contribution in [0.5, 0.6) is 0 Å². The standard InChI is InChI=1S/2C15H31NOS2/c2*1-13(2,3)12(17)11(16-14(4,5)6)10-18-19-15(7,8)9/h2*11,16H,10H2,1-9H3/t11-;/m0./s1. The summed E-state index contributed by atoms with van der Waals surface area (Å²) in [5, 5.41) is 6.93. The number of nitrogens with one attached hydrogen (secondary N) is 2. The van der Waals surface area contributed by atoms with Gasteiger partial charge in [-0.15, -0.1) is 0 Å². The van der Waals surface area contributed by atoms with E-state index in [-0.39, 0.29) is 43.5 Å². The van der Waals surface area contributed by atoms with Gasteiger partial charge in [-0.25, -0.2) is 0 Å². The van der Waals surface area contributed by atoms with Crippen LogP contribution >= 0.6 is 43.2 Å². The topological polar surface area (TPSA) is 58.2 Å². The van der Waals surface area contributed by atoms with Crippen molar-refractivity contribution >= 4 is 54.7 Å². The molecule has 228 valence electrons. The molecule has 0 saturated heterocycles. The van der Waals surface area contributed by atoms with Crippen molar-refractivity contribution in [1.82, 2.24) is 10.6 Å². The molecule has 4 nitrogen and oxygen atoms in total. The lowest BCUT2D eigenvalue weighted by atomic mass is 9.86. The molecule has 0 rings (SSSR count). The van der Waals surface area contributed by atoms with Crippen LogP contribution in [0.15, 0.2) is 0 Å². The van der Waals surface area contributed by atoms with Crippen LogP contribution in [-0.4, -0.2) is 55.7 Å². The lowest BCUT2D eigenvalue weighted by Gasteiger charge is -2.32. The van der Waals surface area contributed by atoms with Crippen LogP contribution in [0, 0.1) is 10.8 Å². The fraction of sp³-hybridized carbons (Fsp3) is 0.933. The van der Waals surface area contributed by atoms with Gasteiger partial charge < -0.3 is 10.6 Å². The third-order valence-corrected chi connectivity index (χ3v) is 11.1. The highest BCUT2D eigenvalue weighted by atomic mass is 33.1. The molecule has 0 amide bonds. The fourth-order valence-corrected chi connectivity index (χ4v) is 7.95. The van der Waals surface area contributed by atoms with Gasteiger partial charge in [-0.3, -0.25) is 9.59 Å². The molecule has 0 aliphatic rings. The Morgan fingerprint density at radius 3 is 0.895 bits per heavy atom. The molecule has 1 unspecified atom stereocenters. The van der Waals surface area contributed by atoms with Gasteiger partial charge in [-0.2, -0.15) is 0 Å². The minimum absolute atomic E-state index is 0.0431. The molecule has 38 heavy (non-hydrogen) atoms. The number of hydrogen-bond acceptors (Lipinski definition) is 8. The number of rotatable bonds is 10. The first-order chi connectivity index (χ1) is 16.4. The summed E-state index contributed by atoms with van der Waals surface area (Å²) in [4.78, 5) is 25.0. The summed E-state index contributed by atoms with van der Waals surface area (Å²) < 4.78 is 0.448. The Bertz CT molecular complexity index is 651. The number of Topliss-reactive ketones (excluding diaryl/α,β-unsaturated/α-hetero) is 2. The average Bonchev–Trinajstić information content (AvgIpc) is 2.60. The van der Waals surface area contributed by atoms with Gasteiger partial charge in [0.15, 0.2) is 11.6 Å². The van der Waals surface area contributed by atoms with Crippen molar-refractivity contribution in [3.8, 4) is 0 Å². The van der Waals surface area contributed by atoms with E-state index in [1.807, 2.05) is 63.1 Å². The SMILES string of the molecule is CC(C)(C)NC(CSSC(C)(C)C)C(=O)C(C)(C)C.CC(C)(C)N[C@@H](CSSC(C)(C)C)C(=O)C(C)(C)C. The summed E-state index contributed by atoms with van der Waals surface area (Å²) in [7, 11) is 7.25. The van der Waals surface area contributed by atoms with Crippen molar-refractivity contribution in [1.29, 1.82) is 0 Å². The molecule has 0 fully saturated rings. The van der Waals surface area contributed by atoms with E-state index < -0.39 is 0 Å². The third-order valence-electron chi connectivity index (χ3n) is 4.41. The second-order valence-electron chi connectivity index (χ2n) is 16.1. The zero-order valence-electron chi connectivity index (χ0n) is 28.0. The number of carbonyl (C=O) groups is 2. The average molecular weight is 611 g/mol. The molecule has 2 N–H and O–H groups in total. The van der Waals surface area contributed by atoms with Gasteiger partial charge in [0.05, 0.1) is 12.1 Å². The zero-order valence-corrected chi connectivity index (χ0v) is 31.3. The van der Waals surface area contributed by atoms with Crippen molar-refractivity contribution in [3.05, 3.63) is 0 Å². The van der Waals surface area contributed by atoms with Crippen molar-refractivity contribution < 1.29 is 9.59 Å². The normalized spacial score (nSPS) is 15.4. The predicted molar refractivity (Wildman–Crippen MR) is 182 cm³/mol. The van der Waals surface area contributed by atoms with Crippen molar-refractivity contribution in [2.45, 2.75) is 157 Å². The summed E-state index contributed by atoms with van der Waals surface area (Å²) in [6, 6.07) is -0.167. The Hall–Kier alpha value is 0.660. The highest BCUT2D eigenvalue weighted by Crippen LogP contribution is 2.37. The van der Waals surface area contributed by atoms with Gasteiger partial charge in [-0.1, -0.05) is 126 Å². The van der Waals surface area contributed by atoms with E-state index in [9.17, 15) is 9.59 Å². The highest BCUT2D eigenvalue weighted by Gasteiger charge is 2.33. The maximum absolute atomic E-state index is 12.5. The molecule has 0 aliphatic carbocycles. The number of ketones is 2. The quantitative estimate of drug-likeness (QED) is 0.238. The fourth-order valence-electron chi connectivity index (χ4n) is 3.01. The third kappa shape index (κ3) is 23.4. The lowest BCUT2D eigenvalue weighted by molar-refractivity contribution is -0.128. The van der Waals surface area contributed by atoms with Crippen LogP contribution < -0.4 is 10.6 Å². The first-order valence-electron chi connectivity index (χ1n) is 13.7. The second-order valence-corrected chi connectivity index (χ2v) is 22.4. The largest absolute Gasteiger partial charge is 0.302 e. The zero-order chi connectivity index (χ0) is 31.0. The molecule has 0 aromatic rings. The number of hydrogen-bond donors (Lipinski definition) is 2. The molecular weight excluding hydrogens is 549 g/mol. The maximum atomic E-state index is 12.5. The summed E-state index contributed by atoms with van der Waals surface area (Å²) in [5.41, 5.74) is -0.678. The molecule has 0 aliphatic heterocycles. The van der Waals surface area contributed by atoms with E-state index in [1.165, 1.54) is 0 Å². The summed E-state index contributed by atoms with van der Waals surface area (Å²) in [6.07, 6.45) is 0. The Labute approximate surface area is 253 Å². The van der Waals surface area contributed by atoms with E-state index in [0.29, 0.717) is 11.6 Å². The smallest absolute Gasteiger partial charge is 0.155 e. The molecule has 0 spiro atoms. The Morgan fingerprint density at radius 2 is 0.737 bits per heavy atom. The summed E-state index contributed by atoms with van der Waals surface area (Å²) >= 11 is 0. The van der Waals surface area contributed by atoms with Crippen LogP contribution in [0.4, 0.5) is 0 Å². The molecule has 0 bridgehead atoms. The van der Waals surface area contributed by atoms with Crippen LogP contribution in [0.1, 0.15) is 125 Å². The molecule has 0 radical (unpaired) electrons. The van der Waals surface area contributed by atoms with Gasteiger partial charge in [0.1, 0.15) is 0 Å². The molecular formula is C30H62N2O2S4. The van der Waals surface area contributed by atoms with Crippen molar-refractivity contribution in [3.63, 3.8) is 0 Å². The lowest BCUT2D eigenvalue weighted by Crippen LogP contribution is -2.52. The van der Waals surface area contributed by atoms with Crippen LogP contribution in [0.25, 0.3) is 0 Å².